The largest absolute Gasteiger partial charge is 0.489 e. The fourth-order valence-corrected chi connectivity index (χ4v) is 3.74. The standard InChI is InChI=1S/C15H23NO3S/c1-2-20(17,18)15-10-6-5-9-14(15)19-13-8-4-3-7-12(13)11-16/h5-6,9-10,12-13H,2-4,7-8,11,16H2,1H3. The van der Waals surface area contributed by atoms with Crippen molar-refractivity contribution in [1.29, 1.82) is 0 Å². The molecular weight excluding hydrogens is 274 g/mol. The summed E-state index contributed by atoms with van der Waals surface area (Å²) in [7, 11) is -3.26. The molecule has 0 saturated heterocycles. The first-order valence-corrected chi connectivity index (χ1v) is 8.92. The van der Waals surface area contributed by atoms with Crippen molar-refractivity contribution in [1.82, 2.24) is 0 Å². The molecule has 0 aliphatic heterocycles. The summed E-state index contributed by atoms with van der Waals surface area (Å²) in [6.45, 7) is 2.24. The van der Waals surface area contributed by atoms with Crippen LogP contribution in [0.4, 0.5) is 0 Å². The van der Waals surface area contributed by atoms with Crippen molar-refractivity contribution >= 4 is 9.84 Å². The minimum absolute atomic E-state index is 0.0296. The van der Waals surface area contributed by atoms with Crippen LogP contribution in [0.3, 0.4) is 0 Å². The zero-order chi connectivity index (χ0) is 14.6. The Morgan fingerprint density at radius 3 is 2.65 bits per heavy atom. The molecule has 2 rings (SSSR count). The van der Waals surface area contributed by atoms with Crippen LogP contribution in [-0.2, 0) is 9.84 Å². The smallest absolute Gasteiger partial charge is 0.181 e. The molecule has 1 aliphatic carbocycles. The fourth-order valence-electron chi connectivity index (χ4n) is 2.72. The van der Waals surface area contributed by atoms with E-state index in [9.17, 15) is 8.42 Å². The van der Waals surface area contributed by atoms with E-state index in [0.717, 1.165) is 19.3 Å². The first-order valence-electron chi connectivity index (χ1n) is 7.27. The van der Waals surface area contributed by atoms with Gasteiger partial charge in [0.05, 0.1) is 5.75 Å². The summed E-state index contributed by atoms with van der Waals surface area (Å²) in [6.07, 6.45) is 4.33. The number of benzene rings is 1. The lowest BCUT2D eigenvalue weighted by Gasteiger charge is -2.31. The van der Waals surface area contributed by atoms with E-state index in [1.807, 2.05) is 6.07 Å². The van der Waals surface area contributed by atoms with Gasteiger partial charge in [-0.05, 0) is 37.9 Å². The molecule has 0 radical (unpaired) electrons. The van der Waals surface area contributed by atoms with Gasteiger partial charge in [0.15, 0.2) is 9.84 Å². The highest BCUT2D eigenvalue weighted by Crippen LogP contribution is 2.31. The van der Waals surface area contributed by atoms with Gasteiger partial charge in [0.1, 0.15) is 16.7 Å². The lowest BCUT2D eigenvalue weighted by atomic mass is 9.86. The van der Waals surface area contributed by atoms with E-state index in [1.165, 1.54) is 6.42 Å². The van der Waals surface area contributed by atoms with Gasteiger partial charge in [0, 0.05) is 5.92 Å². The molecule has 0 spiro atoms. The molecule has 2 unspecified atom stereocenters. The SMILES string of the molecule is CCS(=O)(=O)c1ccccc1OC1CCCCC1CN. The quantitative estimate of drug-likeness (QED) is 0.906. The average molecular weight is 297 g/mol. The summed E-state index contributed by atoms with van der Waals surface area (Å²) in [5.41, 5.74) is 5.80. The molecule has 1 aliphatic rings. The monoisotopic (exact) mass is 297 g/mol. The van der Waals surface area contributed by atoms with Gasteiger partial charge < -0.3 is 10.5 Å². The summed E-state index contributed by atoms with van der Waals surface area (Å²) in [5.74, 6) is 0.874. The average Bonchev–Trinajstić information content (AvgIpc) is 2.48. The van der Waals surface area contributed by atoms with Gasteiger partial charge in [0.25, 0.3) is 0 Å². The second-order valence-electron chi connectivity index (χ2n) is 5.29. The second kappa shape index (κ2) is 6.59. The maximum absolute atomic E-state index is 12.1. The van der Waals surface area contributed by atoms with E-state index in [-0.39, 0.29) is 11.9 Å². The molecule has 0 heterocycles. The molecule has 0 bridgehead atoms. The van der Waals surface area contributed by atoms with Crippen LogP contribution >= 0.6 is 0 Å². The van der Waals surface area contributed by atoms with Crippen LogP contribution in [0, 0.1) is 5.92 Å². The Morgan fingerprint density at radius 2 is 1.95 bits per heavy atom. The molecular formula is C15H23NO3S. The molecule has 1 aromatic rings. The molecule has 1 saturated carbocycles. The summed E-state index contributed by atoms with van der Waals surface area (Å²) >= 11 is 0. The van der Waals surface area contributed by atoms with Crippen LogP contribution in [-0.4, -0.2) is 26.8 Å². The Hall–Kier alpha value is -1.07. The van der Waals surface area contributed by atoms with Crippen molar-refractivity contribution in [2.24, 2.45) is 11.7 Å². The normalized spacial score (nSPS) is 23.5. The maximum atomic E-state index is 12.1. The minimum atomic E-state index is -3.26. The van der Waals surface area contributed by atoms with Gasteiger partial charge in [-0.15, -0.1) is 0 Å². The molecule has 112 valence electrons. The molecule has 1 fully saturated rings. The highest BCUT2D eigenvalue weighted by atomic mass is 32.2. The molecule has 2 N–H and O–H groups in total. The number of hydrogen-bond donors (Lipinski definition) is 1. The van der Waals surface area contributed by atoms with E-state index in [4.69, 9.17) is 10.5 Å². The number of sulfone groups is 1. The van der Waals surface area contributed by atoms with E-state index < -0.39 is 9.84 Å². The molecule has 2 atom stereocenters. The molecule has 20 heavy (non-hydrogen) atoms. The first-order chi connectivity index (χ1) is 9.58. The summed E-state index contributed by atoms with van der Waals surface area (Å²) < 4.78 is 30.2. The number of nitrogens with two attached hydrogens (primary N) is 1. The zero-order valence-electron chi connectivity index (χ0n) is 11.9. The summed E-state index contributed by atoms with van der Waals surface area (Å²) in [4.78, 5) is 0.295. The number of para-hydroxylation sites is 1. The van der Waals surface area contributed by atoms with Crippen molar-refractivity contribution in [2.45, 2.75) is 43.6 Å². The molecule has 1 aromatic carbocycles. The number of ether oxygens (including phenoxy) is 1. The Balaban J connectivity index is 2.25. The third-order valence-corrected chi connectivity index (χ3v) is 5.75. The highest BCUT2D eigenvalue weighted by molar-refractivity contribution is 7.91. The highest BCUT2D eigenvalue weighted by Gasteiger charge is 2.27. The van der Waals surface area contributed by atoms with E-state index in [2.05, 4.69) is 0 Å². The molecule has 5 heteroatoms. The zero-order valence-corrected chi connectivity index (χ0v) is 12.7. The lowest BCUT2D eigenvalue weighted by Crippen LogP contribution is -2.35. The second-order valence-corrected chi connectivity index (χ2v) is 7.53. The van der Waals surface area contributed by atoms with Crippen LogP contribution in [0.5, 0.6) is 5.75 Å². The first kappa shape index (κ1) is 15.3. The maximum Gasteiger partial charge on any atom is 0.181 e. The van der Waals surface area contributed by atoms with Crippen molar-refractivity contribution in [3.8, 4) is 5.75 Å². The van der Waals surface area contributed by atoms with Crippen molar-refractivity contribution < 1.29 is 13.2 Å². The summed E-state index contributed by atoms with van der Waals surface area (Å²) in [5, 5.41) is 0. The molecule has 4 nitrogen and oxygen atoms in total. The van der Waals surface area contributed by atoms with Gasteiger partial charge in [-0.25, -0.2) is 8.42 Å². The fraction of sp³-hybridized carbons (Fsp3) is 0.600. The molecule has 0 amide bonds. The van der Waals surface area contributed by atoms with E-state index >= 15 is 0 Å². The van der Waals surface area contributed by atoms with Crippen LogP contribution in [0.1, 0.15) is 32.6 Å². The van der Waals surface area contributed by atoms with Crippen LogP contribution in [0.25, 0.3) is 0 Å². The topological polar surface area (TPSA) is 69.4 Å². The predicted octanol–water partition coefficient (Wildman–Crippen LogP) is 2.38. The number of hydrogen-bond acceptors (Lipinski definition) is 4. The van der Waals surface area contributed by atoms with E-state index in [0.29, 0.717) is 23.1 Å². The van der Waals surface area contributed by atoms with Crippen molar-refractivity contribution in [3.05, 3.63) is 24.3 Å². The van der Waals surface area contributed by atoms with Gasteiger partial charge in [-0.3, -0.25) is 0 Å². The summed E-state index contributed by atoms with van der Waals surface area (Å²) in [6, 6.07) is 6.90. The van der Waals surface area contributed by atoms with Crippen molar-refractivity contribution in [3.63, 3.8) is 0 Å². The van der Waals surface area contributed by atoms with Crippen LogP contribution < -0.4 is 10.5 Å². The Morgan fingerprint density at radius 1 is 1.25 bits per heavy atom. The van der Waals surface area contributed by atoms with Gasteiger partial charge in [-0.1, -0.05) is 25.5 Å². The van der Waals surface area contributed by atoms with Crippen LogP contribution in [0.15, 0.2) is 29.2 Å². The third kappa shape index (κ3) is 3.33. The number of rotatable bonds is 5. The van der Waals surface area contributed by atoms with Crippen molar-refractivity contribution in [2.75, 3.05) is 12.3 Å². The minimum Gasteiger partial charge on any atom is -0.489 e. The van der Waals surface area contributed by atoms with Crippen LogP contribution in [0.2, 0.25) is 0 Å². The van der Waals surface area contributed by atoms with Gasteiger partial charge in [0.2, 0.25) is 0 Å². The Kier molecular flexibility index (Phi) is 5.05. The third-order valence-electron chi connectivity index (χ3n) is 3.98. The molecule has 0 aromatic heterocycles. The predicted molar refractivity (Wildman–Crippen MR) is 79.6 cm³/mol. The van der Waals surface area contributed by atoms with Gasteiger partial charge >= 0.3 is 0 Å². The Labute approximate surface area is 121 Å². The van der Waals surface area contributed by atoms with Gasteiger partial charge in [-0.2, -0.15) is 0 Å². The Bertz CT molecular complexity index is 542. The van der Waals surface area contributed by atoms with E-state index in [1.54, 1.807) is 25.1 Å². The lowest BCUT2D eigenvalue weighted by molar-refractivity contribution is 0.0940.